The zero-order valence-corrected chi connectivity index (χ0v) is 13.0. The molecule has 1 amide bonds. The molecule has 1 N–H and O–H groups in total. The maximum atomic E-state index is 12.5. The van der Waals surface area contributed by atoms with Gasteiger partial charge in [-0.25, -0.2) is 9.67 Å². The van der Waals surface area contributed by atoms with Crippen molar-refractivity contribution in [2.24, 2.45) is 0 Å². The van der Waals surface area contributed by atoms with Crippen LogP contribution in [0.4, 0.5) is 5.82 Å². The second kappa shape index (κ2) is 5.33. The van der Waals surface area contributed by atoms with Crippen LogP contribution < -0.4 is 5.32 Å². The van der Waals surface area contributed by atoms with Gasteiger partial charge in [0.05, 0.1) is 17.9 Å². The Morgan fingerprint density at radius 2 is 2.33 bits per heavy atom. The second-order valence-corrected chi connectivity index (χ2v) is 5.86. The van der Waals surface area contributed by atoms with Gasteiger partial charge >= 0.3 is 0 Å². The number of carbonyl (C=O) groups excluding carboxylic acids is 1. The number of anilines is 1. The fraction of sp³-hybridized carbons (Fsp3) is 0.357. The minimum Gasteiger partial charge on any atom is -0.305 e. The molecule has 0 bridgehead atoms. The molecule has 3 rings (SSSR count). The molecule has 0 aliphatic rings. The Bertz CT molecular complexity index is 784. The van der Waals surface area contributed by atoms with E-state index in [1.165, 1.54) is 11.3 Å². The first-order valence-corrected chi connectivity index (χ1v) is 7.76. The first-order chi connectivity index (χ1) is 10.1. The number of carbonyl (C=O) groups is 1. The highest BCUT2D eigenvalue weighted by Crippen LogP contribution is 2.20. The number of fused-ring (bicyclic) bond motifs is 1. The Morgan fingerprint density at radius 3 is 3.10 bits per heavy atom. The van der Waals surface area contributed by atoms with Gasteiger partial charge < -0.3 is 5.32 Å². The van der Waals surface area contributed by atoms with Gasteiger partial charge in [-0.15, -0.1) is 11.3 Å². The largest absolute Gasteiger partial charge is 0.305 e. The summed E-state index contributed by atoms with van der Waals surface area (Å²) in [5, 5.41) is 9.02. The van der Waals surface area contributed by atoms with E-state index in [0.717, 1.165) is 17.1 Å². The molecule has 0 aliphatic heterocycles. The van der Waals surface area contributed by atoms with Crippen LogP contribution in [0, 0.1) is 6.92 Å². The SMILES string of the molecule is CC[C@@H](C)n1nccc1NC(=O)c1csc2nc(C)cn12. The van der Waals surface area contributed by atoms with E-state index in [1.54, 1.807) is 6.20 Å². The topological polar surface area (TPSA) is 64.2 Å². The lowest BCUT2D eigenvalue weighted by Gasteiger charge is -2.13. The van der Waals surface area contributed by atoms with Gasteiger partial charge in [-0.05, 0) is 20.3 Å². The molecule has 3 aromatic rings. The maximum Gasteiger partial charge on any atom is 0.274 e. The highest BCUT2D eigenvalue weighted by molar-refractivity contribution is 7.15. The Hall–Kier alpha value is -2.15. The number of hydrogen-bond acceptors (Lipinski definition) is 4. The van der Waals surface area contributed by atoms with Crippen LogP contribution in [-0.2, 0) is 0 Å². The summed E-state index contributed by atoms with van der Waals surface area (Å²) in [6.07, 6.45) is 4.52. The average molecular weight is 303 g/mol. The normalized spacial score (nSPS) is 12.7. The minimum atomic E-state index is -0.149. The number of rotatable bonds is 4. The third-order valence-electron chi connectivity index (χ3n) is 3.48. The highest BCUT2D eigenvalue weighted by Gasteiger charge is 2.16. The van der Waals surface area contributed by atoms with Gasteiger partial charge in [-0.1, -0.05) is 6.92 Å². The highest BCUT2D eigenvalue weighted by atomic mass is 32.1. The van der Waals surface area contributed by atoms with Crippen LogP contribution in [0.2, 0.25) is 0 Å². The van der Waals surface area contributed by atoms with E-state index in [4.69, 9.17) is 0 Å². The van der Waals surface area contributed by atoms with E-state index in [9.17, 15) is 4.79 Å². The summed E-state index contributed by atoms with van der Waals surface area (Å²) in [6.45, 7) is 6.08. The summed E-state index contributed by atoms with van der Waals surface area (Å²) < 4.78 is 3.65. The van der Waals surface area contributed by atoms with Crippen molar-refractivity contribution in [1.82, 2.24) is 19.2 Å². The predicted octanol–water partition coefficient (Wildman–Crippen LogP) is 3.12. The minimum absolute atomic E-state index is 0.149. The zero-order valence-electron chi connectivity index (χ0n) is 12.2. The van der Waals surface area contributed by atoms with Gasteiger partial charge in [0.25, 0.3) is 5.91 Å². The molecule has 7 heteroatoms. The lowest BCUT2D eigenvalue weighted by atomic mass is 10.3. The predicted molar refractivity (Wildman–Crippen MR) is 83.0 cm³/mol. The van der Waals surface area contributed by atoms with Crippen molar-refractivity contribution in [3.63, 3.8) is 0 Å². The number of hydrogen-bond donors (Lipinski definition) is 1. The summed E-state index contributed by atoms with van der Waals surface area (Å²) >= 11 is 1.46. The van der Waals surface area contributed by atoms with Crippen LogP contribution in [0.3, 0.4) is 0 Å². The van der Waals surface area contributed by atoms with Gasteiger partial charge in [-0.3, -0.25) is 9.20 Å². The van der Waals surface area contributed by atoms with Crippen LogP contribution in [0.1, 0.15) is 42.5 Å². The maximum absolute atomic E-state index is 12.5. The fourth-order valence-corrected chi connectivity index (χ4v) is 3.08. The third kappa shape index (κ3) is 2.44. The molecule has 0 saturated carbocycles. The number of aromatic nitrogens is 4. The number of imidazole rings is 1. The van der Waals surface area contributed by atoms with E-state index in [0.29, 0.717) is 11.5 Å². The summed E-state index contributed by atoms with van der Waals surface area (Å²) in [5.74, 6) is 0.564. The van der Waals surface area contributed by atoms with Crippen molar-refractivity contribution < 1.29 is 4.79 Å². The van der Waals surface area contributed by atoms with Gasteiger partial charge in [0, 0.05) is 17.6 Å². The molecular weight excluding hydrogens is 286 g/mol. The average Bonchev–Trinajstić information content (AvgIpc) is 3.12. The molecule has 0 spiro atoms. The Morgan fingerprint density at radius 1 is 1.52 bits per heavy atom. The molecule has 110 valence electrons. The number of aryl methyl sites for hydroxylation is 1. The van der Waals surface area contributed by atoms with Crippen LogP contribution in [0.15, 0.2) is 23.8 Å². The molecular formula is C14H17N5OS. The second-order valence-electron chi connectivity index (χ2n) is 5.03. The van der Waals surface area contributed by atoms with Crippen molar-refractivity contribution in [3.05, 3.63) is 35.2 Å². The monoisotopic (exact) mass is 303 g/mol. The summed E-state index contributed by atoms with van der Waals surface area (Å²) in [7, 11) is 0. The van der Waals surface area contributed by atoms with E-state index in [2.05, 4.69) is 29.2 Å². The van der Waals surface area contributed by atoms with Crippen LogP contribution >= 0.6 is 11.3 Å². The smallest absolute Gasteiger partial charge is 0.274 e. The molecule has 6 nitrogen and oxygen atoms in total. The molecule has 0 unspecified atom stereocenters. The number of amides is 1. The fourth-order valence-electron chi connectivity index (χ4n) is 2.18. The molecule has 0 aromatic carbocycles. The lowest BCUT2D eigenvalue weighted by Crippen LogP contribution is -2.18. The van der Waals surface area contributed by atoms with Gasteiger partial charge in [0.1, 0.15) is 11.5 Å². The first kappa shape index (κ1) is 13.8. The number of thiazole rings is 1. The molecule has 0 fully saturated rings. The molecule has 0 saturated heterocycles. The molecule has 3 heterocycles. The number of nitrogens with zero attached hydrogens (tertiary/aromatic N) is 4. The molecule has 0 aliphatic carbocycles. The van der Waals surface area contributed by atoms with E-state index in [-0.39, 0.29) is 11.9 Å². The lowest BCUT2D eigenvalue weighted by molar-refractivity contribution is 0.102. The Balaban J connectivity index is 1.88. The summed E-state index contributed by atoms with van der Waals surface area (Å²) in [5.41, 5.74) is 1.49. The van der Waals surface area contributed by atoms with E-state index >= 15 is 0 Å². The summed E-state index contributed by atoms with van der Waals surface area (Å²) in [6, 6.07) is 2.06. The summed E-state index contributed by atoms with van der Waals surface area (Å²) in [4.78, 5) is 17.6. The Labute approximate surface area is 126 Å². The quantitative estimate of drug-likeness (QED) is 0.805. The van der Waals surface area contributed by atoms with Crippen LogP contribution in [0.5, 0.6) is 0 Å². The molecule has 0 radical (unpaired) electrons. The van der Waals surface area contributed by atoms with Crippen molar-refractivity contribution in [1.29, 1.82) is 0 Å². The number of nitrogens with one attached hydrogen (secondary N) is 1. The van der Waals surface area contributed by atoms with Crippen LogP contribution in [0.25, 0.3) is 4.96 Å². The standard InChI is InChI=1S/C14H17N5OS/c1-4-10(3)19-12(5-6-15-19)17-13(20)11-8-21-14-16-9(2)7-18(11)14/h5-8,10H,4H2,1-3H3,(H,17,20)/t10-/m1/s1. The molecule has 21 heavy (non-hydrogen) atoms. The van der Waals surface area contributed by atoms with Crippen molar-refractivity contribution in [3.8, 4) is 0 Å². The van der Waals surface area contributed by atoms with Gasteiger partial charge in [0.2, 0.25) is 0 Å². The van der Waals surface area contributed by atoms with Crippen molar-refractivity contribution >= 4 is 28.0 Å². The third-order valence-corrected chi connectivity index (χ3v) is 4.32. The van der Waals surface area contributed by atoms with Crippen molar-refractivity contribution in [2.75, 3.05) is 5.32 Å². The zero-order chi connectivity index (χ0) is 15.0. The first-order valence-electron chi connectivity index (χ1n) is 6.88. The van der Waals surface area contributed by atoms with Crippen molar-refractivity contribution in [2.45, 2.75) is 33.2 Å². The van der Waals surface area contributed by atoms with Gasteiger partial charge in [-0.2, -0.15) is 5.10 Å². The molecule has 1 atom stereocenters. The van der Waals surface area contributed by atoms with E-state index < -0.39 is 0 Å². The van der Waals surface area contributed by atoms with Crippen LogP contribution in [-0.4, -0.2) is 25.1 Å². The molecule has 3 aromatic heterocycles. The van der Waals surface area contributed by atoms with E-state index in [1.807, 2.05) is 33.6 Å². The van der Waals surface area contributed by atoms with Gasteiger partial charge in [0.15, 0.2) is 4.96 Å². The Kier molecular flexibility index (Phi) is 3.50.